The zero-order valence-corrected chi connectivity index (χ0v) is 12.3. The van der Waals surface area contributed by atoms with Gasteiger partial charge in [0.05, 0.1) is 15.7 Å². The third kappa shape index (κ3) is 3.52. The number of fused-ring (bicyclic) bond motifs is 1. The summed E-state index contributed by atoms with van der Waals surface area (Å²) in [5.41, 5.74) is 9.48. The van der Waals surface area contributed by atoms with Crippen LogP contribution < -0.4 is 11.1 Å². The molecule has 2 aromatic rings. The Balaban J connectivity index is 2.02. The van der Waals surface area contributed by atoms with E-state index in [0.29, 0.717) is 6.42 Å². The van der Waals surface area contributed by atoms with Crippen LogP contribution >= 0.6 is 11.3 Å². The van der Waals surface area contributed by atoms with Gasteiger partial charge in [0.15, 0.2) is 0 Å². The van der Waals surface area contributed by atoms with Gasteiger partial charge in [-0.1, -0.05) is 20.8 Å². The molecule has 0 bridgehead atoms. The number of thiazole rings is 1. The third-order valence-electron chi connectivity index (χ3n) is 3.13. The minimum Gasteiger partial charge on any atom is -0.327 e. The molecule has 0 spiro atoms. The van der Waals surface area contributed by atoms with Crippen LogP contribution in [0.25, 0.3) is 10.2 Å². The number of nitrogens with zero attached hydrogens (tertiary/aromatic N) is 1. The number of carbonyl (C=O) groups is 1. The van der Waals surface area contributed by atoms with Crippen molar-refractivity contribution in [2.45, 2.75) is 33.2 Å². The van der Waals surface area contributed by atoms with E-state index in [9.17, 15) is 4.79 Å². The first kappa shape index (κ1) is 14.0. The molecule has 0 aliphatic carbocycles. The second-order valence-corrected chi connectivity index (χ2v) is 6.65. The molecule has 19 heavy (non-hydrogen) atoms. The zero-order valence-electron chi connectivity index (χ0n) is 11.4. The first-order chi connectivity index (χ1) is 8.86. The molecule has 0 saturated carbocycles. The van der Waals surface area contributed by atoms with Gasteiger partial charge in [0.25, 0.3) is 0 Å². The van der Waals surface area contributed by atoms with Crippen LogP contribution in [0.4, 0.5) is 5.69 Å². The molecular weight excluding hydrogens is 258 g/mol. The molecular formula is C14H19N3OS. The number of rotatable bonds is 3. The summed E-state index contributed by atoms with van der Waals surface area (Å²) >= 11 is 1.56. The fourth-order valence-corrected chi connectivity index (χ4v) is 2.37. The summed E-state index contributed by atoms with van der Waals surface area (Å²) in [7, 11) is 0. The minimum atomic E-state index is -0.153. The first-order valence-corrected chi connectivity index (χ1v) is 7.13. The van der Waals surface area contributed by atoms with Crippen molar-refractivity contribution >= 4 is 33.1 Å². The largest absolute Gasteiger partial charge is 0.327 e. The van der Waals surface area contributed by atoms with Gasteiger partial charge in [0, 0.05) is 18.2 Å². The highest BCUT2D eigenvalue weighted by Gasteiger charge is 2.23. The lowest BCUT2D eigenvalue weighted by Crippen LogP contribution is -2.38. The Kier molecular flexibility index (Phi) is 3.87. The molecule has 4 nitrogen and oxygen atoms in total. The quantitative estimate of drug-likeness (QED) is 0.906. The average molecular weight is 277 g/mol. The normalized spacial score (nSPS) is 13.5. The highest BCUT2D eigenvalue weighted by atomic mass is 32.1. The number of carbonyl (C=O) groups excluding carboxylic acids is 1. The van der Waals surface area contributed by atoms with E-state index in [2.05, 4.69) is 10.3 Å². The smallest absolute Gasteiger partial charge is 0.225 e. The van der Waals surface area contributed by atoms with E-state index in [1.54, 1.807) is 16.8 Å². The van der Waals surface area contributed by atoms with Gasteiger partial charge >= 0.3 is 0 Å². The van der Waals surface area contributed by atoms with Crippen molar-refractivity contribution in [1.29, 1.82) is 0 Å². The van der Waals surface area contributed by atoms with Gasteiger partial charge in [-0.25, -0.2) is 4.98 Å². The number of nitrogens with one attached hydrogen (secondary N) is 1. The van der Waals surface area contributed by atoms with Crippen molar-refractivity contribution in [3.05, 3.63) is 23.7 Å². The van der Waals surface area contributed by atoms with Gasteiger partial charge in [0.2, 0.25) is 5.91 Å². The van der Waals surface area contributed by atoms with Crippen LogP contribution in [0.5, 0.6) is 0 Å². The van der Waals surface area contributed by atoms with Crippen LogP contribution in [-0.4, -0.2) is 16.9 Å². The van der Waals surface area contributed by atoms with Crippen LogP contribution in [0, 0.1) is 5.41 Å². The predicted octanol–water partition coefficient (Wildman–Crippen LogP) is 3.00. The van der Waals surface area contributed by atoms with Gasteiger partial charge in [-0.3, -0.25) is 4.79 Å². The first-order valence-electron chi connectivity index (χ1n) is 6.25. The van der Waals surface area contributed by atoms with Gasteiger partial charge in [0.1, 0.15) is 0 Å². The second-order valence-electron chi connectivity index (χ2n) is 5.76. The molecule has 5 heteroatoms. The van der Waals surface area contributed by atoms with E-state index in [-0.39, 0.29) is 17.4 Å². The molecule has 0 aliphatic rings. The van der Waals surface area contributed by atoms with E-state index in [0.717, 1.165) is 15.9 Å². The van der Waals surface area contributed by atoms with E-state index < -0.39 is 0 Å². The van der Waals surface area contributed by atoms with Gasteiger partial charge in [-0.05, 0) is 23.6 Å². The summed E-state index contributed by atoms with van der Waals surface area (Å²) in [4.78, 5) is 16.1. The molecule has 0 aliphatic heterocycles. The Bertz CT molecular complexity index is 586. The van der Waals surface area contributed by atoms with Crippen LogP contribution in [0.2, 0.25) is 0 Å². The molecule has 1 amide bonds. The van der Waals surface area contributed by atoms with Gasteiger partial charge in [-0.15, -0.1) is 11.3 Å². The average Bonchev–Trinajstić information content (AvgIpc) is 2.74. The summed E-state index contributed by atoms with van der Waals surface area (Å²) < 4.78 is 1.07. The van der Waals surface area contributed by atoms with Crippen LogP contribution in [0.3, 0.4) is 0 Å². The Morgan fingerprint density at radius 1 is 1.47 bits per heavy atom. The topological polar surface area (TPSA) is 68.0 Å². The fourth-order valence-electron chi connectivity index (χ4n) is 1.65. The second kappa shape index (κ2) is 5.27. The predicted molar refractivity (Wildman–Crippen MR) is 80.3 cm³/mol. The van der Waals surface area contributed by atoms with E-state index >= 15 is 0 Å². The number of aromatic nitrogens is 1. The SMILES string of the molecule is CC(C)(C)C(N)CC(=O)Nc1ccc2ncsc2c1. The molecule has 1 atom stereocenters. The molecule has 1 heterocycles. The lowest BCUT2D eigenvalue weighted by molar-refractivity contribution is -0.117. The maximum absolute atomic E-state index is 11.9. The van der Waals surface area contributed by atoms with Crippen LogP contribution in [0.15, 0.2) is 23.7 Å². The summed E-state index contributed by atoms with van der Waals surface area (Å²) in [5.74, 6) is -0.0497. The number of nitrogens with two attached hydrogens (primary N) is 1. The molecule has 2 rings (SSSR count). The number of benzene rings is 1. The summed E-state index contributed by atoms with van der Waals surface area (Å²) in [6.07, 6.45) is 0.324. The molecule has 3 N–H and O–H groups in total. The van der Waals surface area contributed by atoms with E-state index in [1.165, 1.54) is 0 Å². The summed E-state index contributed by atoms with van der Waals surface area (Å²) in [5, 5.41) is 2.89. The van der Waals surface area contributed by atoms with Crippen LogP contribution in [-0.2, 0) is 4.79 Å². The summed E-state index contributed by atoms with van der Waals surface area (Å²) in [6.45, 7) is 6.11. The lowest BCUT2D eigenvalue weighted by atomic mass is 9.85. The standard InChI is InChI=1S/C14H19N3OS/c1-14(2,3)12(15)7-13(18)17-9-4-5-10-11(6-9)19-8-16-10/h4-6,8,12H,7,15H2,1-3H3,(H,17,18). The molecule has 1 aromatic carbocycles. The highest BCUT2D eigenvalue weighted by molar-refractivity contribution is 7.16. The van der Waals surface area contributed by atoms with E-state index in [4.69, 9.17) is 5.73 Å². The molecule has 102 valence electrons. The Labute approximate surface area is 117 Å². The Hall–Kier alpha value is -1.46. The van der Waals surface area contributed by atoms with Crippen LogP contribution in [0.1, 0.15) is 27.2 Å². The number of hydrogen-bond donors (Lipinski definition) is 2. The molecule has 0 saturated heterocycles. The fraction of sp³-hybridized carbons (Fsp3) is 0.429. The maximum atomic E-state index is 11.9. The monoisotopic (exact) mass is 277 g/mol. The van der Waals surface area contributed by atoms with Crippen molar-refractivity contribution in [2.24, 2.45) is 11.1 Å². The number of hydrogen-bond acceptors (Lipinski definition) is 4. The summed E-state index contributed by atoms with van der Waals surface area (Å²) in [6, 6.07) is 5.56. The molecule has 0 radical (unpaired) electrons. The third-order valence-corrected chi connectivity index (χ3v) is 3.92. The zero-order chi connectivity index (χ0) is 14.0. The highest BCUT2D eigenvalue weighted by Crippen LogP contribution is 2.23. The molecule has 1 unspecified atom stereocenters. The van der Waals surface area contributed by atoms with Crippen molar-refractivity contribution in [1.82, 2.24) is 4.98 Å². The van der Waals surface area contributed by atoms with Gasteiger partial charge < -0.3 is 11.1 Å². The van der Waals surface area contributed by atoms with Crippen molar-refractivity contribution in [2.75, 3.05) is 5.32 Å². The van der Waals surface area contributed by atoms with Crippen molar-refractivity contribution < 1.29 is 4.79 Å². The Morgan fingerprint density at radius 2 is 2.21 bits per heavy atom. The Morgan fingerprint density at radius 3 is 2.89 bits per heavy atom. The lowest BCUT2D eigenvalue weighted by Gasteiger charge is -2.26. The number of anilines is 1. The van der Waals surface area contributed by atoms with Gasteiger partial charge in [-0.2, -0.15) is 0 Å². The molecule has 0 fully saturated rings. The van der Waals surface area contributed by atoms with Crippen molar-refractivity contribution in [3.63, 3.8) is 0 Å². The maximum Gasteiger partial charge on any atom is 0.225 e. The number of amides is 1. The van der Waals surface area contributed by atoms with Crippen molar-refractivity contribution in [3.8, 4) is 0 Å². The van der Waals surface area contributed by atoms with E-state index in [1.807, 2.05) is 39.0 Å². The molecule has 1 aromatic heterocycles. The minimum absolute atomic E-state index is 0.0497.